The number of amides is 2. The van der Waals surface area contributed by atoms with E-state index in [0.29, 0.717) is 11.6 Å². The van der Waals surface area contributed by atoms with Gasteiger partial charge in [-0.2, -0.15) is 11.3 Å². The van der Waals surface area contributed by atoms with E-state index in [9.17, 15) is 4.79 Å². The van der Waals surface area contributed by atoms with Gasteiger partial charge in [0.05, 0.1) is 23.1 Å². The van der Waals surface area contributed by atoms with Crippen LogP contribution < -0.4 is 15.1 Å². The molecule has 0 radical (unpaired) electrons. The summed E-state index contributed by atoms with van der Waals surface area (Å²) in [6.07, 6.45) is 0.923. The zero-order chi connectivity index (χ0) is 22.4. The molecule has 0 unspecified atom stereocenters. The number of hydrogen-bond donors (Lipinski definition) is 1. The standard InChI is InChI=1S/C26H23N5OS/c1-17-4-2-5-18(14-17)22-8-9-23-25(28-22)31(20-10-12-30(23)15-20)26(32)29-24-7-3-6-21(27-24)19-11-13-33-16-19/h2-9,11,13-14,16,20H,10,12,15H2,1H3,(H,27,29,32)/t20-/m0/s1. The first-order valence-electron chi connectivity index (χ1n) is 11.1. The van der Waals surface area contributed by atoms with Crippen LogP contribution in [0.4, 0.5) is 22.1 Å². The summed E-state index contributed by atoms with van der Waals surface area (Å²) >= 11 is 1.63. The van der Waals surface area contributed by atoms with Crippen molar-refractivity contribution in [3.05, 3.63) is 77.0 Å². The number of hydrogen-bond acceptors (Lipinski definition) is 5. The maximum atomic E-state index is 13.5. The highest BCUT2D eigenvalue weighted by Gasteiger charge is 2.40. The largest absolute Gasteiger partial charge is 0.366 e. The van der Waals surface area contributed by atoms with Gasteiger partial charge in [0.1, 0.15) is 5.82 Å². The van der Waals surface area contributed by atoms with Gasteiger partial charge < -0.3 is 4.90 Å². The summed E-state index contributed by atoms with van der Waals surface area (Å²) in [7, 11) is 0. The quantitative estimate of drug-likeness (QED) is 0.425. The van der Waals surface area contributed by atoms with E-state index in [1.54, 1.807) is 11.3 Å². The Morgan fingerprint density at radius 1 is 1.03 bits per heavy atom. The second-order valence-corrected chi connectivity index (χ2v) is 9.30. The molecule has 33 heavy (non-hydrogen) atoms. The molecule has 2 aliphatic heterocycles. The van der Waals surface area contributed by atoms with Gasteiger partial charge in [-0.05, 0) is 55.1 Å². The number of benzene rings is 1. The molecule has 0 spiro atoms. The second kappa shape index (κ2) is 8.01. The average molecular weight is 454 g/mol. The molecule has 7 heteroatoms. The first-order valence-corrected chi connectivity index (χ1v) is 12.0. The van der Waals surface area contributed by atoms with Crippen LogP contribution in [0, 0.1) is 6.92 Å². The minimum Gasteiger partial charge on any atom is -0.366 e. The fourth-order valence-corrected chi connectivity index (χ4v) is 5.33. The Balaban J connectivity index is 1.34. The highest BCUT2D eigenvalue weighted by Crippen LogP contribution is 2.40. The van der Waals surface area contributed by atoms with Gasteiger partial charge in [-0.25, -0.2) is 14.8 Å². The molecule has 2 aliphatic rings. The van der Waals surface area contributed by atoms with Gasteiger partial charge in [0.25, 0.3) is 0 Å². The van der Waals surface area contributed by atoms with Crippen molar-refractivity contribution in [3.63, 3.8) is 0 Å². The Hall–Kier alpha value is -3.71. The van der Waals surface area contributed by atoms with Gasteiger partial charge in [-0.1, -0.05) is 29.8 Å². The summed E-state index contributed by atoms with van der Waals surface area (Å²) in [5, 5.41) is 7.11. The summed E-state index contributed by atoms with van der Waals surface area (Å²) < 4.78 is 0. The zero-order valence-corrected chi connectivity index (χ0v) is 19.0. The lowest BCUT2D eigenvalue weighted by atomic mass is 10.1. The number of fused-ring (bicyclic) bond motifs is 4. The van der Waals surface area contributed by atoms with Crippen molar-refractivity contribution in [2.45, 2.75) is 19.4 Å². The van der Waals surface area contributed by atoms with Crippen LogP contribution in [0.15, 0.2) is 71.4 Å². The SMILES string of the molecule is Cc1cccc(-c2ccc3c(n2)N(C(=O)Nc2cccc(-c4ccsc4)n2)[C@H]2CCN3C2)c1. The average Bonchev–Trinajstić information content (AvgIpc) is 3.51. The van der Waals surface area contributed by atoms with Crippen LogP contribution in [0.2, 0.25) is 0 Å². The minimum atomic E-state index is -0.188. The van der Waals surface area contributed by atoms with E-state index in [1.165, 1.54) is 5.56 Å². The van der Waals surface area contributed by atoms with Crippen LogP contribution in [0.1, 0.15) is 12.0 Å². The number of urea groups is 1. The lowest BCUT2D eigenvalue weighted by molar-refractivity contribution is 0.254. The maximum absolute atomic E-state index is 13.5. The van der Waals surface area contributed by atoms with E-state index in [4.69, 9.17) is 4.98 Å². The van der Waals surface area contributed by atoms with Crippen LogP contribution in [0.3, 0.4) is 0 Å². The van der Waals surface area contributed by atoms with E-state index in [1.807, 2.05) is 46.7 Å². The molecule has 6 rings (SSSR count). The van der Waals surface area contributed by atoms with Crippen LogP contribution in [0.25, 0.3) is 22.5 Å². The highest BCUT2D eigenvalue weighted by atomic mass is 32.1. The molecule has 1 saturated heterocycles. The van der Waals surface area contributed by atoms with Crippen molar-refractivity contribution >= 4 is 34.7 Å². The van der Waals surface area contributed by atoms with Gasteiger partial charge in [-0.15, -0.1) is 0 Å². The Labute approximate surface area is 196 Å². The zero-order valence-electron chi connectivity index (χ0n) is 18.2. The fraction of sp³-hybridized carbons (Fsp3) is 0.192. The third kappa shape index (κ3) is 3.64. The number of thiophene rings is 1. The van der Waals surface area contributed by atoms with Crippen molar-refractivity contribution in [1.29, 1.82) is 0 Å². The summed E-state index contributed by atoms with van der Waals surface area (Å²) in [5.74, 6) is 1.26. The number of anilines is 3. The van der Waals surface area contributed by atoms with Crippen LogP contribution in [0.5, 0.6) is 0 Å². The predicted octanol–water partition coefficient (Wildman–Crippen LogP) is 5.81. The van der Waals surface area contributed by atoms with E-state index in [0.717, 1.165) is 47.7 Å². The number of carbonyl (C=O) groups excluding carboxylic acids is 1. The second-order valence-electron chi connectivity index (χ2n) is 8.52. The lowest BCUT2D eigenvalue weighted by Gasteiger charge is -2.35. The number of nitrogens with one attached hydrogen (secondary N) is 1. The number of carbonyl (C=O) groups is 1. The molecule has 1 atom stereocenters. The Kier molecular flexibility index (Phi) is 4.84. The number of nitrogens with zero attached hydrogens (tertiary/aromatic N) is 4. The van der Waals surface area contributed by atoms with Gasteiger partial charge in [0, 0.05) is 29.6 Å². The van der Waals surface area contributed by atoms with E-state index >= 15 is 0 Å². The monoisotopic (exact) mass is 453 g/mol. The molecular weight excluding hydrogens is 430 g/mol. The third-order valence-corrected chi connectivity index (χ3v) is 6.97. The predicted molar refractivity (Wildman–Crippen MR) is 134 cm³/mol. The maximum Gasteiger partial charge on any atom is 0.329 e. The van der Waals surface area contributed by atoms with E-state index in [2.05, 4.69) is 51.8 Å². The van der Waals surface area contributed by atoms with Crippen LogP contribution >= 0.6 is 11.3 Å². The first-order chi connectivity index (χ1) is 16.2. The molecule has 2 bridgehead atoms. The van der Waals surface area contributed by atoms with Crippen LogP contribution in [-0.2, 0) is 0 Å². The molecule has 4 aromatic rings. The molecule has 164 valence electrons. The molecule has 3 aromatic heterocycles. The van der Waals surface area contributed by atoms with Crippen molar-refractivity contribution in [2.75, 3.05) is 28.2 Å². The summed E-state index contributed by atoms with van der Waals surface area (Å²) in [6, 6.07) is 20.1. The number of aromatic nitrogens is 2. The number of aryl methyl sites for hydroxylation is 1. The normalized spacial score (nSPS) is 16.6. The molecular formula is C26H23N5OS. The highest BCUT2D eigenvalue weighted by molar-refractivity contribution is 7.08. The molecule has 0 saturated carbocycles. The van der Waals surface area contributed by atoms with Crippen molar-refractivity contribution in [2.24, 2.45) is 0 Å². The van der Waals surface area contributed by atoms with Crippen LogP contribution in [-0.4, -0.2) is 35.1 Å². The van der Waals surface area contributed by atoms with Gasteiger partial charge in [0.2, 0.25) is 0 Å². The third-order valence-electron chi connectivity index (χ3n) is 6.29. The Morgan fingerprint density at radius 3 is 2.76 bits per heavy atom. The molecule has 6 nitrogen and oxygen atoms in total. The summed E-state index contributed by atoms with van der Waals surface area (Å²) in [4.78, 5) is 27.3. The Morgan fingerprint density at radius 2 is 1.91 bits per heavy atom. The fourth-order valence-electron chi connectivity index (χ4n) is 4.68. The summed E-state index contributed by atoms with van der Waals surface area (Å²) in [5.41, 5.74) is 6.01. The van der Waals surface area contributed by atoms with Crippen molar-refractivity contribution in [1.82, 2.24) is 9.97 Å². The number of rotatable bonds is 3. The smallest absolute Gasteiger partial charge is 0.329 e. The van der Waals surface area contributed by atoms with Crippen molar-refractivity contribution < 1.29 is 4.79 Å². The number of pyridine rings is 2. The minimum absolute atomic E-state index is 0.0952. The van der Waals surface area contributed by atoms with E-state index < -0.39 is 0 Å². The summed E-state index contributed by atoms with van der Waals surface area (Å²) in [6.45, 7) is 3.83. The van der Waals surface area contributed by atoms with E-state index in [-0.39, 0.29) is 12.1 Å². The van der Waals surface area contributed by atoms with Gasteiger partial charge in [0.15, 0.2) is 5.82 Å². The first kappa shape index (κ1) is 19.9. The molecule has 5 heterocycles. The molecule has 1 aromatic carbocycles. The Bertz CT molecular complexity index is 1340. The molecule has 2 amide bonds. The molecule has 0 aliphatic carbocycles. The topological polar surface area (TPSA) is 61.4 Å². The van der Waals surface area contributed by atoms with Gasteiger partial charge in [-0.3, -0.25) is 10.2 Å². The molecule has 1 N–H and O–H groups in total. The van der Waals surface area contributed by atoms with Crippen molar-refractivity contribution in [3.8, 4) is 22.5 Å². The molecule has 1 fully saturated rings. The lowest BCUT2D eigenvalue weighted by Crippen LogP contribution is -2.48. The van der Waals surface area contributed by atoms with Gasteiger partial charge >= 0.3 is 6.03 Å².